The third-order valence-electron chi connectivity index (χ3n) is 7.12. The van der Waals surface area contributed by atoms with Gasteiger partial charge in [0.15, 0.2) is 0 Å². The minimum atomic E-state index is -0.771. The van der Waals surface area contributed by atoms with Crippen molar-refractivity contribution in [1.82, 2.24) is 9.80 Å². The lowest BCUT2D eigenvalue weighted by molar-refractivity contribution is -0.140. The van der Waals surface area contributed by atoms with E-state index >= 15 is 0 Å². The molecule has 2 aliphatic rings. The number of ketones is 1. The van der Waals surface area contributed by atoms with Gasteiger partial charge >= 0.3 is 5.97 Å². The predicted molar refractivity (Wildman–Crippen MR) is 139 cm³/mol. The summed E-state index contributed by atoms with van der Waals surface area (Å²) in [5.41, 5.74) is 2.45. The van der Waals surface area contributed by atoms with E-state index in [4.69, 9.17) is 9.47 Å². The Morgan fingerprint density at radius 3 is 2.43 bits per heavy atom. The zero-order chi connectivity index (χ0) is 26.7. The van der Waals surface area contributed by atoms with Crippen LogP contribution in [0.4, 0.5) is 0 Å². The van der Waals surface area contributed by atoms with E-state index in [1.165, 1.54) is 12.0 Å². The van der Waals surface area contributed by atoms with Crippen LogP contribution in [0.2, 0.25) is 0 Å². The molecule has 0 saturated carbocycles. The number of fused-ring (bicyclic) bond motifs is 1. The molecule has 2 aliphatic heterocycles. The third kappa shape index (κ3) is 5.25. The molecule has 0 aromatic heterocycles. The molecule has 1 amide bonds. The number of Topliss-reactive ketones (excluding diaryl/α,β-unsaturated/α-hetero) is 1. The molecule has 2 heterocycles. The molecule has 8 heteroatoms. The van der Waals surface area contributed by atoms with E-state index in [0.717, 1.165) is 30.9 Å². The van der Waals surface area contributed by atoms with Crippen molar-refractivity contribution in [2.24, 2.45) is 0 Å². The molecular formula is C29H34N2O6. The Bertz CT molecular complexity index is 1220. The summed E-state index contributed by atoms with van der Waals surface area (Å²) in [5, 5.41) is 11.4. The summed E-state index contributed by atoms with van der Waals surface area (Å²) in [6.07, 6.45) is 1.42. The summed E-state index contributed by atoms with van der Waals surface area (Å²) in [6.45, 7) is 9.08. The number of carbonyl (C=O) groups is 3. The average Bonchev–Trinajstić information content (AvgIpc) is 3.41. The number of nitrogens with zero attached hydrogens (tertiary/aromatic N) is 2. The number of ether oxygens (including phenoxy) is 2. The minimum absolute atomic E-state index is 0.0390. The lowest BCUT2D eigenvalue weighted by Gasteiger charge is -2.27. The smallest absolute Gasteiger partial charge is 0.337 e. The van der Waals surface area contributed by atoms with E-state index < -0.39 is 23.7 Å². The molecule has 0 bridgehead atoms. The van der Waals surface area contributed by atoms with Crippen molar-refractivity contribution in [1.29, 1.82) is 0 Å². The maximum Gasteiger partial charge on any atom is 0.337 e. The van der Waals surface area contributed by atoms with Gasteiger partial charge in [0.2, 0.25) is 0 Å². The number of amides is 1. The normalized spacial score (nSPS) is 20.3. The molecule has 1 fully saturated rings. The highest BCUT2D eigenvalue weighted by atomic mass is 16.5. The third-order valence-corrected chi connectivity index (χ3v) is 7.12. The number of aliphatic hydroxyl groups excluding tert-OH is 1. The zero-order valence-corrected chi connectivity index (χ0v) is 21.8. The van der Waals surface area contributed by atoms with Crippen molar-refractivity contribution in [2.75, 3.05) is 33.3 Å². The van der Waals surface area contributed by atoms with Crippen LogP contribution in [0.5, 0.6) is 5.75 Å². The summed E-state index contributed by atoms with van der Waals surface area (Å²) >= 11 is 0. The molecule has 1 saturated heterocycles. The molecule has 2 atom stereocenters. The SMILES string of the molecule is CCN(CC)CCCN1C(=O)C(=O)/C(=C(/O)c2ccc3c(c2)CC(C)O3)C1c1ccc(C(=O)OC)cc1. The summed E-state index contributed by atoms with van der Waals surface area (Å²) in [6, 6.07) is 11.1. The number of carbonyl (C=O) groups excluding carboxylic acids is 3. The van der Waals surface area contributed by atoms with Gasteiger partial charge in [0, 0.05) is 18.5 Å². The Morgan fingerprint density at radius 1 is 1.11 bits per heavy atom. The van der Waals surface area contributed by atoms with Gasteiger partial charge in [0.1, 0.15) is 17.6 Å². The second-order valence-electron chi connectivity index (χ2n) is 9.44. The average molecular weight is 507 g/mol. The molecule has 37 heavy (non-hydrogen) atoms. The van der Waals surface area contributed by atoms with E-state index in [-0.39, 0.29) is 17.4 Å². The standard InChI is InChI=1S/C29H34N2O6/c1-5-30(6-2)14-7-15-31-25(19-8-10-20(11-9-19)29(35)36-4)24(27(33)28(31)34)26(32)21-12-13-23-22(17-21)16-18(3)37-23/h8-13,17-18,25,32H,5-7,14-16H2,1-4H3/b26-24+. The Morgan fingerprint density at radius 2 is 1.78 bits per heavy atom. The molecule has 2 aromatic rings. The van der Waals surface area contributed by atoms with Crippen molar-refractivity contribution in [3.8, 4) is 5.75 Å². The summed E-state index contributed by atoms with van der Waals surface area (Å²) in [4.78, 5) is 42.3. The lowest BCUT2D eigenvalue weighted by Crippen LogP contribution is -2.33. The first kappa shape index (κ1) is 26.4. The van der Waals surface area contributed by atoms with Crippen molar-refractivity contribution >= 4 is 23.4 Å². The summed E-state index contributed by atoms with van der Waals surface area (Å²) in [5.74, 6) is -1.28. The first-order chi connectivity index (χ1) is 17.8. The molecule has 0 spiro atoms. The first-order valence-corrected chi connectivity index (χ1v) is 12.8. The number of hydrogen-bond acceptors (Lipinski definition) is 7. The maximum atomic E-state index is 13.3. The van der Waals surface area contributed by atoms with Crippen molar-refractivity contribution in [3.05, 3.63) is 70.3 Å². The van der Waals surface area contributed by atoms with Crippen molar-refractivity contribution < 1.29 is 29.0 Å². The van der Waals surface area contributed by atoms with Crippen LogP contribution in [-0.4, -0.2) is 72.0 Å². The Kier molecular flexibility index (Phi) is 7.97. The molecule has 8 nitrogen and oxygen atoms in total. The lowest BCUT2D eigenvalue weighted by atomic mass is 9.94. The van der Waals surface area contributed by atoms with Crippen LogP contribution < -0.4 is 4.74 Å². The van der Waals surface area contributed by atoms with Gasteiger partial charge in [-0.1, -0.05) is 26.0 Å². The number of benzene rings is 2. The number of likely N-dealkylation sites (tertiary alicyclic amines) is 1. The number of esters is 1. The van der Waals surface area contributed by atoms with Crippen LogP contribution in [0, 0.1) is 0 Å². The first-order valence-electron chi connectivity index (χ1n) is 12.8. The zero-order valence-electron chi connectivity index (χ0n) is 21.8. The van der Waals surface area contributed by atoms with Crippen LogP contribution >= 0.6 is 0 Å². The molecular weight excluding hydrogens is 472 g/mol. The highest BCUT2D eigenvalue weighted by Gasteiger charge is 2.46. The van der Waals surface area contributed by atoms with Crippen LogP contribution in [0.1, 0.15) is 60.3 Å². The second kappa shape index (κ2) is 11.2. The van der Waals surface area contributed by atoms with Gasteiger partial charge in [0.05, 0.1) is 24.3 Å². The van der Waals surface area contributed by atoms with E-state index in [1.54, 1.807) is 36.4 Å². The van der Waals surface area contributed by atoms with Crippen molar-refractivity contribution in [3.63, 3.8) is 0 Å². The highest BCUT2D eigenvalue weighted by Crippen LogP contribution is 2.40. The van der Waals surface area contributed by atoms with Gasteiger partial charge in [-0.3, -0.25) is 9.59 Å². The van der Waals surface area contributed by atoms with Gasteiger partial charge in [-0.05, 0) is 74.4 Å². The van der Waals surface area contributed by atoms with Gasteiger partial charge in [0.25, 0.3) is 11.7 Å². The molecule has 2 aromatic carbocycles. The largest absolute Gasteiger partial charge is 0.507 e. The fourth-order valence-corrected chi connectivity index (χ4v) is 5.11. The molecule has 1 N–H and O–H groups in total. The second-order valence-corrected chi connectivity index (χ2v) is 9.44. The minimum Gasteiger partial charge on any atom is -0.507 e. The highest BCUT2D eigenvalue weighted by molar-refractivity contribution is 6.46. The van der Waals surface area contributed by atoms with Gasteiger partial charge in [-0.15, -0.1) is 0 Å². The van der Waals surface area contributed by atoms with Crippen LogP contribution in [-0.2, 0) is 20.7 Å². The number of rotatable bonds is 9. The number of hydrogen-bond donors (Lipinski definition) is 1. The summed E-state index contributed by atoms with van der Waals surface area (Å²) in [7, 11) is 1.31. The van der Waals surface area contributed by atoms with E-state index in [1.807, 2.05) is 13.0 Å². The van der Waals surface area contributed by atoms with Gasteiger partial charge < -0.3 is 24.4 Å². The molecule has 4 rings (SSSR count). The quantitative estimate of drug-likeness (QED) is 0.238. The van der Waals surface area contributed by atoms with Crippen LogP contribution in [0.15, 0.2) is 48.0 Å². The molecule has 2 unspecified atom stereocenters. The molecule has 0 radical (unpaired) electrons. The van der Waals surface area contributed by atoms with Gasteiger partial charge in [-0.25, -0.2) is 4.79 Å². The van der Waals surface area contributed by atoms with Crippen molar-refractivity contribution in [2.45, 2.75) is 45.8 Å². The number of methoxy groups -OCH3 is 1. The summed E-state index contributed by atoms with van der Waals surface area (Å²) < 4.78 is 10.6. The van der Waals surface area contributed by atoms with E-state index in [9.17, 15) is 19.5 Å². The molecule has 196 valence electrons. The fourth-order valence-electron chi connectivity index (χ4n) is 5.11. The molecule has 0 aliphatic carbocycles. The fraction of sp³-hybridized carbons (Fsp3) is 0.414. The maximum absolute atomic E-state index is 13.3. The number of aliphatic hydroxyl groups is 1. The van der Waals surface area contributed by atoms with Crippen LogP contribution in [0.25, 0.3) is 5.76 Å². The topological polar surface area (TPSA) is 96.4 Å². The van der Waals surface area contributed by atoms with Crippen LogP contribution in [0.3, 0.4) is 0 Å². The monoisotopic (exact) mass is 506 g/mol. The van der Waals surface area contributed by atoms with E-state index in [0.29, 0.717) is 36.1 Å². The van der Waals surface area contributed by atoms with E-state index in [2.05, 4.69) is 18.7 Å². The Labute approximate surface area is 217 Å². The predicted octanol–water partition coefficient (Wildman–Crippen LogP) is 3.95. The van der Waals surface area contributed by atoms with Gasteiger partial charge in [-0.2, -0.15) is 0 Å². The Balaban J connectivity index is 1.74. The Hall–Kier alpha value is -3.65.